The number of carbonyl (C=O) groups excluding carboxylic acids is 2. The van der Waals surface area contributed by atoms with Crippen molar-refractivity contribution in [3.05, 3.63) is 105 Å². The van der Waals surface area contributed by atoms with Gasteiger partial charge in [0.05, 0.1) is 11.4 Å². The lowest BCUT2D eigenvalue weighted by Crippen LogP contribution is -2.15. The minimum absolute atomic E-state index is 0.340. The lowest BCUT2D eigenvalue weighted by molar-refractivity contribution is 0.102. The second-order valence-electron chi connectivity index (χ2n) is 7.58. The zero-order valence-electron chi connectivity index (χ0n) is 18.4. The van der Waals surface area contributed by atoms with Crippen LogP contribution < -0.4 is 10.6 Å². The van der Waals surface area contributed by atoms with Crippen molar-refractivity contribution >= 4 is 68.0 Å². The van der Waals surface area contributed by atoms with Crippen molar-refractivity contribution in [1.29, 1.82) is 0 Å². The van der Waals surface area contributed by atoms with Gasteiger partial charge in [0.2, 0.25) is 0 Å². The van der Waals surface area contributed by atoms with Gasteiger partial charge in [-0.25, -0.2) is 9.97 Å². The van der Waals surface area contributed by atoms with Crippen LogP contribution in [0.1, 0.15) is 20.7 Å². The summed E-state index contributed by atoms with van der Waals surface area (Å²) in [6.07, 6.45) is 0. The van der Waals surface area contributed by atoms with Crippen molar-refractivity contribution in [2.75, 3.05) is 10.6 Å². The maximum absolute atomic E-state index is 12.8. The minimum atomic E-state index is -0.360. The number of anilines is 2. The second kappa shape index (κ2) is 10.6. The highest BCUT2D eigenvalue weighted by Gasteiger charge is 2.14. The Kier molecular flexibility index (Phi) is 7.11. The number of benzene rings is 3. The van der Waals surface area contributed by atoms with Gasteiger partial charge in [-0.05, 0) is 42.5 Å². The van der Waals surface area contributed by atoms with Gasteiger partial charge >= 0.3 is 0 Å². The molecule has 5 aromatic rings. The highest BCUT2D eigenvalue weighted by atomic mass is 35.5. The lowest BCUT2D eigenvalue weighted by atomic mass is 10.1. The van der Waals surface area contributed by atoms with Crippen LogP contribution >= 0.6 is 45.9 Å². The first-order valence-electron chi connectivity index (χ1n) is 10.6. The molecule has 0 aliphatic heterocycles. The largest absolute Gasteiger partial charge is 0.298 e. The lowest BCUT2D eigenvalue weighted by Gasteiger charge is -2.05. The molecule has 0 spiro atoms. The summed E-state index contributed by atoms with van der Waals surface area (Å²) in [5.41, 5.74) is 3.95. The molecule has 3 aromatic carbocycles. The number of thiazole rings is 2. The fourth-order valence-corrected chi connectivity index (χ4v) is 4.99. The van der Waals surface area contributed by atoms with E-state index >= 15 is 0 Å². The van der Waals surface area contributed by atoms with E-state index in [0.29, 0.717) is 31.4 Å². The van der Waals surface area contributed by atoms with Crippen molar-refractivity contribution in [3.8, 4) is 22.5 Å². The summed E-state index contributed by atoms with van der Waals surface area (Å²) in [6.45, 7) is 0. The van der Waals surface area contributed by atoms with Gasteiger partial charge in [0.15, 0.2) is 10.3 Å². The van der Waals surface area contributed by atoms with Crippen molar-refractivity contribution in [3.63, 3.8) is 0 Å². The van der Waals surface area contributed by atoms with Crippen molar-refractivity contribution in [2.45, 2.75) is 0 Å². The molecule has 0 unspecified atom stereocenters. The normalized spacial score (nSPS) is 10.7. The van der Waals surface area contributed by atoms with E-state index in [2.05, 4.69) is 20.6 Å². The quantitative estimate of drug-likeness (QED) is 0.226. The summed E-state index contributed by atoms with van der Waals surface area (Å²) in [5, 5.41) is 11.5. The Morgan fingerprint density at radius 3 is 1.47 bits per heavy atom. The number of halogens is 2. The maximum Gasteiger partial charge on any atom is 0.257 e. The number of amides is 2. The molecule has 6 nitrogen and oxygen atoms in total. The van der Waals surface area contributed by atoms with Crippen LogP contribution in [0.4, 0.5) is 10.3 Å². The van der Waals surface area contributed by atoms with Crippen LogP contribution in [0.25, 0.3) is 22.5 Å². The maximum atomic E-state index is 12.8. The standard InChI is InChI=1S/C26H16Cl2N4O2S2/c27-19-8-4-15(5-9-19)21-13-35-25(29-21)31-23(33)17-2-1-3-18(12-17)24(34)32-26-30-22(14-36-26)16-6-10-20(28)11-7-16/h1-14H,(H,29,31,33)(H,30,32,34). The number of hydrogen-bond acceptors (Lipinski definition) is 6. The van der Waals surface area contributed by atoms with Gasteiger partial charge in [0.25, 0.3) is 11.8 Å². The third kappa shape index (κ3) is 5.63. The zero-order valence-corrected chi connectivity index (χ0v) is 21.5. The number of hydrogen-bond donors (Lipinski definition) is 2. The molecule has 2 N–H and O–H groups in total. The van der Waals surface area contributed by atoms with Crippen LogP contribution in [0.3, 0.4) is 0 Å². The fourth-order valence-electron chi connectivity index (χ4n) is 3.31. The molecule has 0 radical (unpaired) electrons. The van der Waals surface area contributed by atoms with Gasteiger partial charge in [0.1, 0.15) is 0 Å². The number of carbonyl (C=O) groups is 2. The van der Waals surface area contributed by atoms with Crippen LogP contribution in [0.5, 0.6) is 0 Å². The van der Waals surface area contributed by atoms with Crippen LogP contribution in [0.15, 0.2) is 83.6 Å². The number of nitrogens with zero attached hydrogens (tertiary/aromatic N) is 2. The molecule has 0 saturated heterocycles. The first kappa shape index (κ1) is 24.1. The SMILES string of the molecule is O=C(Nc1nc(-c2ccc(Cl)cc2)cs1)c1cccc(C(=O)Nc2nc(-c3ccc(Cl)cc3)cs2)c1. The van der Waals surface area contributed by atoms with Gasteiger partial charge in [-0.2, -0.15) is 0 Å². The molecule has 2 amide bonds. The van der Waals surface area contributed by atoms with Crippen LogP contribution in [-0.2, 0) is 0 Å². The highest BCUT2D eigenvalue weighted by Crippen LogP contribution is 2.28. The summed E-state index contributed by atoms with van der Waals surface area (Å²) in [4.78, 5) is 34.6. The average molecular weight is 551 g/mol. The Balaban J connectivity index is 1.25. The average Bonchev–Trinajstić information content (AvgIpc) is 3.55. The molecule has 36 heavy (non-hydrogen) atoms. The Bertz CT molecular complexity index is 1430. The summed E-state index contributed by atoms with van der Waals surface area (Å²) >= 11 is 14.5. The van der Waals surface area contributed by atoms with Gasteiger partial charge in [-0.1, -0.05) is 53.5 Å². The van der Waals surface area contributed by atoms with Crippen molar-refractivity contribution in [1.82, 2.24) is 9.97 Å². The van der Waals surface area contributed by atoms with Crippen LogP contribution in [0.2, 0.25) is 10.0 Å². The molecule has 0 saturated carbocycles. The monoisotopic (exact) mass is 550 g/mol. The zero-order chi connectivity index (χ0) is 25.1. The van der Waals surface area contributed by atoms with E-state index in [1.165, 1.54) is 28.7 Å². The van der Waals surface area contributed by atoms with E-state index < -0.39 is 0 Å². The highest BCUT2D eigenvalue weighted by molar-refractivity contribution is 7.14. The molecule has 0 fully saturated rings. The van der Waals surface area contributed by atoms with E-state index in [9.17, 15) is 9.59 Å². The van der Waals surface area contributed by atoms with E-state index in [1.807, 2.05) is 35.0 Å². The van der Waals surface area contributed by atoms with Gasteiger partial charge < -0.3 is 0 Å². The second-order valence-corrected chi connectivity index (χ2v) is 10.2. The Morgan fingerprint density at radius 1 is 0.639 bits per heavy atom. The summed E-state index contributed by atoms with van der Waals surface area (Å²) in [5.74, 6) is -0.721. The van der Waals surface area contributed by atoms with Crippen LogP contribution in [-0.4, -0.2) is 21.8 Å². The smallest absolute Gasteiger partial charge is 0.257 e. The summed E-state index contributed by atoms with van der Waals surface area (Å²) < 4.78 is 0. The van der Waals surface area contributed by atoms with E-state index in [-0.39, 0.29) is 11.8 Å². The molecule has 0 aliphatic carbocycles. The van der Waals surface area contributed by atoms with Gasteiger partial charge in [0, 0.05) is 43.1 Å². The Hall–Kier alpha value is -3.56. The van der Waals surface area contributed by atoms with E-state index in [0.717, 1.165) is 22.5 Å². The molecule has 2 aromatic heterocycles. The number of nitrogens with one attached hydrogen (secondary N) is 2. The van der Waals surface area contributed by atoms with E-state index in [4.69, 9.17) is 23.2 Å². The minimum Gasteiger partial charge on any atom is -0.298 e. The van der Waals surface area contributed by atoms with E-state index in [1.54, 1.807) is 42.5 Å². The molecule has 2 heterocycles. The third-order valence-corrected chi connectivity index (χ3v) is 7.14. The predicted molar refractivity (Wildman–Crippen MR) is 147 cm³/mol. The molecule has 178 valence electrons. The van der Waals surface area contributed by atoms with Gasteiger partial charge in [-0.3, -0.25) is 20.2 Å². The number of rotatable bonds is 6. The first-order chi connectivity index (χ1) is 17.4. The summed E-state index contributed by atoms with van der Waals surface area (Å²) in [6, 6.07) is 21.1. The molecule has 0 atom stereocenters. The Labute approximate surface area is 224 Å². The molecule has 0 aliphatic rings. The van der Waals surface area contributed by atoms with Gasteiger partial charge in [-0.15, -0.1) is 22.7 Å². The summed E-state index contributed by atoms with van der Waals surface area (Å²) in [7, 11) is 0. The molecule has 5 rings (SSSR count). The molecular weight excluding hydrogens is 535 g/mol. The van der Waals surface area contributed by atoms with Crippen LogP contribution in [0, 0.1) is 0 Å². The predicted octanol–water partition coefficient (Wildman–Crippen LogP) is 7.75. The third-order valence-electron chi connectivity index (χ3n) is 5.12. The number of aromatic nitrogens is 2. The first-order valence-corrected chi connectivity index (χ1v) is 13.1. The Morgan fingerprint density at radius 2 is 1.06 bits per heavy atom. The fraction of sp³-hybridized carbons (Fsp3) is 0. The topological polar surface area (TPSA) is 84.0 Å². The van der Waals surface area contributed by atoms with Crippen molar-refractivity contribution < 1.29 is 9.59 Å². The molecule has 0 bridgehead atoms. The molecular formula is C26H16Cl2N4O2S2. The van der Waals surface area contributed by atoms with Crippen molar-refractivity contribution in [2.24, 2.45) is 0 Å². The molecule has 10 heteroatoms.